The van der Waals surface area contributed by atoms with Crippen LogP contribution in [0, 0.1) is 0 Å². The largest absolute Gasteiger partial charge is 0.496 e. The van der Waals surface area contributed by atoms with E-state index < -0.39 is 15.9 Å². The normalized spacial score (nSPS) is 11.0. The van der Waals surface area contributed by atoms with Gasteiger partial charge in [-0.05, 0) is 30.3 Å². The molecule has 24 heavy (non-hydrogen) atoms. The molecule has 0 aliphatic rings. The number of ether oxygens (including phenoxy) is 2. The molecule has 0 bridgehead atoms. The number of primary amides is 1. The van der Waals surface area contributed by atoms with Crippen LogP contribution in [-0.4, -0.2) is 28.0 Å². The van der Waals surface area contributed by atoms with Crippen molar-refractivity contribution < 1.29 is 22.7 Å². The van der Waals surface area contributed by atoms with Gasteiger partial charge in [0, 0.05) is 12.1 Å². The Bertz CT molecular complexity index is 803. The first kappa shape index (κ1) is 17.8. The number of hydrogen-bond donors (Lipinski definition) is 2. The summed E-state index contributed by atoms with van der Waals surface area (Å²) in [5.74, 6) is 0.359. The molecular weight excluding hydrogens is 332 g/mol. The number of methoxy groups -OCH3 is 1. The Morgan fingerprint density at radius 1 is 1.12 bits per heavy atom. The van der Waals surface area contributed by atoms with E-state index in [9.17, 15) is 13.2 Å². The Labute approximate surface area is 140 Å². The molecule has 0 spiro atoms. The van der Waals surface area contributed by atoms with Gasteiger partial charge >= 0.3 is 0 Å². The van der Waals surface area contributed by atoms with Crippen molar-refractivity contribution >= 4 is 15.9 Å². The minimum Gasteiger partial charge on any atom is -0.496 e. The number of para-hydroxylation sites is 1. The summed E-state index contributed by atoms with van der Waals surface area (Å²) in [6.45, 7) is -0.162. The number of hydrogen-bond acceptors (Lipinski definition) is 5. The SMILES string of the molecule is COc1ccccc1CNS(=O)(=O)c1ccc(OCC(N)=O)cc1. The molecule has 0 radical (unpaired) electrons. The molecule has 0 saturated carbocycles. The number of rotatable bonds is 8. The van der Waals surface area contributed by atoms with E-state index in [1.165, 1.54) is 31.4 Å². The van der Waals surface area contributed by atoms with E-state index in [1.807, 2.05) is 6.07 Å². The third-order valence-electron chi connectivity index (χ3n) is 3.16. The van der Waals surface area contributed by atoms with Crippen molar-refractivity contribution in [3.8, 4) is 11.5 Å². The highest BCUT2D eigenvalue weighted by Gasteiger charge is 2.15. The van der Waals surface area contributed by atoms with E-state index in [0.717, 1.165) is 5.56 Å². The molecule has 0 unspecified atom stereocenters. The zero-order valence-corrected chi connectivity index (χ0v) is 13.9. The predicted molar refractivity (Wildman–Crippen MR) is 88.2 cm³/mol. The first-order chi connectivity index (χ1) is 11.4. The standard InChI is InChI=1S/C16H18N2O5S/c1-22-15-5-3-2-4-12(15)10-18-24(20,21)14-8-6-13(7-9-14)23-11-16(17)19/h2-9,18H,10-11H2,1H3,(H2,17,19). The number of nitrogens with two attached hydrogens (primary N) is 1. The van der Waals surface area contributed by atoms with Gasteiger partial charge in [0.05, 0.1) is 12.0 Å². The van der Waals surface area contributed by atoms with Gasteiger partial charge in [-0.1, -0.05) is 18.2 Å². The highest BCUT2D eigenvalue weighted by atomic mass is 32.2. The summed E-state index contributed by atoms with van der Waals surface area (Å²) < 4.78 is 37.4. The molecule has 0 atom stereocenters. The fourth-order valence-electron chi connectivity index (χ4n) is 1.97. The summed E-state index contributed by atoms with van der Waals surface area (Å²) in [5.41, 5.74) is 5.70. The Morgan fingerprint density at radius 3 is 2.42 bits per heavy atom. The first-order valence-corrected chi connectivity index (χ1v) is 8.53. The van der Waals surface area contributed by atoms with Crippen LogP contribution in [0.25, 0.3) is 0 Å². The monoisotopic (exact) mass is 350 g/mol. The van der Waals surface area contributed by atoms with Crippen molar-refractivity contribution in [1.82, 2.24) is 4.72 Å². The molecule has 3 N–H and O–H groups in total. The van der Waals surface area contributed by atoms with Crippen LogP contribution in [0.15, 0.2) is 53.4 Å². The van der Waals surface area contributed by atoms with Gasteiger partial charge in [-0.2, -0.15) is 0 Å². The van der Waals surface area contributed by atoms with Gasteiger partial charge in [-0.25, -0.2) is 13.1 Å². The quantitative estimate of drug-likeness (QED) is 0.739. The van der Waals surface area contributed by atoms with Crippen LogP contribution in [-0.2, 0) is 21.4 Å². The zero-order valence-electron chi connectivity index (χ0n) is 13.1. The summed E-state index contributed by atoms with van der Waals surface area (Å²) in [6, 6.07) is 12.8. The summed E-state index contributed by atoms with van der Waals surface area (Å²) in [7, 11) is -2.16. The second kappa shape index (κ2) is 7.80. The minimum absolute atomic E-state index is 0.0869. The van der Waals surface area contributed by atoms with Crippen LogP contribution in [0.5, 0.6) is 11.5 Å². The number of sulfonamides is 1. The highest BCUT2D eigenvalue weighted by molar-refractivity contribution is 7.89. The van der Waals surface area contributed by atoms with Gasteiger partial charge in [0.25, 0.3) is 5.91 Å². The second-order valence-corrected chi connectivity index (χ2v) is 6.63. The fourth-order valence-corrected chi connectivity index (χ4v) is 2.98. The molecule has 8 heteroatoms. The smallest absolute Gasteiger partial charge is 0.255 e. The van der Waals surface area contributed by atoms with Crippen LogP contribution in [0.1, 0.15) is 5.56 Å². The number of carbonyl (C=O) groups is 1. The molecule has 2 aromatic rings. The lowest BCUT2D eigenvalue weighted by Crippen LogP contribution is -2.23. The van der Waals surface area contributed by atoms with Crippen LogP contribution in [0.3, 0.4) is 0 Å². The number of carbonyl (C=O) groups excluding carboxylic acids is 1. The van der Waals surface area contributed by atoms with Gasteiger partial charge in [-0.3, -0.25) is 4.79 Å². The molecule has 0 saturated heterocycles. The Morgan fingerprint density at radius 2 is 1.79 bits per heavy atom. The molecule has 2 rings (SSSR count). The first-order valence-electron chi connectivity index (χ1n) is 7.05. The van der Waals surface area contributed by atoms with E-state index in [-0.39, 0.29) is 18.0 Å². The van der Waals surface area contributed by atoms with Crippen molar-refractivity contribution in [3.05, 3.63) is 54.1 Å². The third kappa shape index (κ3) is 4.71. The van der Waals surface area contributed by atoms with Gasteiger partial charge in [0.1, 0.15) is 11.5 Å². The summed E-state index contributed by atoms with van der Waals surface area (Å²) in [5, 5.41) is 0. The summed E-state index contributed by atoms with van der Waals surface area (Å²) in [6.07, 6.45) is 0. The predicted octanol–water partition coefficient (Wildman–Crippen LogP) is 1.04. The van der Waals surface area contributed by atoms with E-state index in [4.69, 9.17) is 15.2 Å². The Balaban J connectivity index is 2.06. The molecular formula is C16H18N2O5S. The molecule has 0 aromatic heterocycles. The van der Waals surface area contributed by atoms with Crippen LogP contribution < -0.4 is 19.9 Å². The van der Waals surface area contributed by atoms with Crippen molar-refractivity contribution in [1.29, 1.82) is 0 Å². The Hall–Kier alpha value is -2.58. The van der Waals surface area contributed by atoms with Crippen molar-refractivity contribution in [2.45, 2.75) is 11.4 Å². The summed E-state index contributed by atoms with van der Waals surface area (Å²) in [4.78, 5) is 10.7. The molecule has 1 amide bonds. The molecule has 0 fully saturated rings. The number of benzene rings is 2. The third-order valence-corrected chi connectivity index (χ3v) is 4.58. The van der Waals surface area contributed by atoms with Gasteiger partial charge in [0.2, 0.25) is 10.0 Å². The maximum absolute atomic E-state index is 12.3. The van der Waals surface area contributed by atoms with Crippen LogP contribution >= 0.6 is 0 Å². The highest BCUT2D eigenvalue weighted by Crippen LogP contribution is 2.19. The fraction of sp³-hybridized carbons (Fsp3) is 0.188. The molecule has 128 valence electrons. The number of nitrogens with one attached hydrogen (secondary N) is 1. The van der Waals surface area contributed by atoms with Gasteiger partial charge < -0.3 is 15.2 Å². The minimum atomic E-state index is -3.68. The maximum atomic E-state index is 12.3. The zero-order chi connectivity index (χ0) is 17.6. The van der Waals surface area contributed by atoms with Gasteiger partial charge in [0.15, 0.2) is 6.61 Å². The van der Waals surface area contributed by atoms with Crippen LogP contribution in [0.4, 0.5) is 0 Å². The number of amides is 1. The van der Waals surface area contributed by atoms with Crippen molar-refractivity contribution in [3.63, 3.8) is 0 Å². The Kier molecular flexibility index (Phi) is 5.78. The van der Waals surface area contributed by atoms with E-state index in [1.54, 1.807) is 18.2 Å². The van der Waals surface area contributed by atoms with Crippen molar-refractivity contribution in [2.75, 3.05) is 13.7 Å². The van der Waals surface area contributed by atoms with E-state index in [2.05, 4.69) is 4.72 Å². The lowest BCUT2D eigenvalue weighted by atomic mass is 10.2. The molecule has 0 aliphatic heterocycles. The molecule has 0 heterocycles. The lowest BCUT2D eigenvalue weighted by Gasteiger charge is -2.10. The average molecular weight is 350 g/mol. The lowest BCUT2D eigenvalue weighted by molar-refractivity contribution is -0.119. The van der Waals surface area contributed by atoms with Crippen molar-refractivity contribution in [2.24, 2.45) is 5.73 Å². The topological polar surface area (TPSA) is 108 Å². The molecule has 0 aliphatic carbocycles. The summed E-state index contributed by atoms with van der Waals surface area (Å²) >= 11 is 0. The second-order valence-electron chi connectivity index (χ2n) is 4.86. The average Bonchev–Trinajstić information content (AvgIpc) is 2.59. The molecule has 7 nitrogen and oxygen atoms in total. The maximum Gasteiger partial charge on any atom is 0.255 e. The van der Waals surface area contributed by atoms with Crippen LogP contribution in [0.2, 0.25) is 0 Å². The van der Waals surface area contributed by atoms with Gasteiger partial charge in [-0.15, -0.1) is 0 Å². The van der Waals surface area contributed by atoms with E-state index in [0.29, 0.717) is 11.5 Å². The van der Waals surface area contributed by atoms with E-state index >= 15 is 0 Å². The molecule has 2 aromatic carbocycles.